The molecule has 2 rings (SSSR count). The molecule has 0 aliphatic heterocycles. The van der Waals surface area contributed by atoms with Crippen molar-refractivity contribution in [1.29, 1.82) is 5.41 Å². The summed E-state index contributed by atoms with van der Waals surface area (Å²) >= 11 is 1.44. The van der Waals surface area contributed by atoms with Gasteiger partial charge in [0.15, 0.2) is 0 Å². The van der Waals surface area contributed by atoms with Crippen molar-refractivity contribution in [3.8, 4) is 0 Å². The lowest BCUT2D eigenvalue weighted by atomic mass is 10.3. The Morgan fingerprint density at radius 3 is 2.76 bits per heavy atom. The summed E-state index contributed by atoms with van der Waals surface area (Å²) in [6.45, 7) is 1.88. The lowest BCUT2D eigenvalue weighted by Crippen LogP contribution is -2.04. The van der Waals surface area contributed by atoms with Crippen LogP contribution in [0.3, 0.4) is 0 Å². The van der Waals surface area contributed by atoms with Gasteiger partial charge in [0.2, 0.25) is 0 Å². The van der Waals surface area contributed by atoms with Crippen LogP contribution in [0.4, 0.5) is 5.82 Å². The predicted molar refractivity (Wildman–Crippen MR) is 82.9 cm³/mol. The minimum atomic E-state index is -0.948. The quantitative estimate of drug-likeness (QED) is 0.739. The second kappa shape index (κ2) is 6.01. The van der Waals surface area contributed by atoms with Crippen LogP contribution in [-0.2, 0) is 7.05 Å². The van der Waals surface area contributed by atoms with Crippen LogP contribution in [0, 0.1) is 12.3 Å². The highest BCUT2D eigenvalue weighted by Crippen LogP contribution is 2.33. The molecule has 0 aliphatic carbocycles. The van der Waals surface area contributed by atoms with E-state index in [0.717, 1.165) is 15.5 Å². The molecular formula is C14H16N4O2S. The van der Waals surface area contributed by atoms with E-state index in [-0.39, 0.29) is 5.69 Å². The lowest BCUT2D eigenvalue weighted by molar-refractivity contribution is 0.0686. The number of aromatic nitrogens is 2. The largest absolute Gasteiger partial charge is 0.477 e. The van der Waals surface area contributed by atoms with Gasteiger partial charge in [-0.3, -0.25) is 0 Å². The molecule has 0 amide bonds. The molecule has 0 aliphatic rings. The average Bonchev–Trinajstić information content (AvgIpc) is 2.75. The monoisotopic (exact) mass is 304 g/mol. The van der Waals surface area contributed by atoms with Gasteiger partial charge in [0.1, 0.15) is 11.5 Å². The van der Waals surface area contributed by atoms with Gasteiger partial charge in [-0.2, -0.15) is 0 Å². The van der Waals surface area contributed by atoms with Crippen molar-refractivity contribution < 1.29 is 9.90 Å². The van der Waals surface area contributed by atoms with Crippen molar-refractivity contribution in [2.45, 2.75) is 16.7 Å². The van der Waals surface area contributed by atoms with Crippen LogP contribution < -0.4 is 5.32 Å². The number of carbonyl (C=O) groups is 1. The third kappa shape index (κ3) is 2.92. The van der Waals surface area contributed by atoms with E-state index in [1.165, 1.54) is 18.0 Å². The van der Waals surface area contributed by atoms with Crippen LogP contribution >= 0.6 is 11.8 Å². The zero-order chi connectivity index (χ0) is 15.6. The molecule has 0 aromatic carbocycles. The molecule has 2 aromatic heterocycles. The van der Waals surface area contributed by atoms with Crippen molar-refractivity contribution in [3.63, 3.8) is 0 Å². The molecule has 21 heavy (non-hydrogen) atoms. The molecule has 0 radical (unpaired) electrons. The minimum absolute atomic E-state index is 0.252. The number of carboxylic acids is 1. The number of nitrogens with zero attached hydrogens (tertiary/aromatic N) is 2. The van der Waals surface area contributed by atoms with Crippen molar-refractivity contribution in [2.75, 3.05) is 12.4 Å². The first kappa shape index (κ1) is 15.1. The van der Waals surface area contributed by atoms with Gasteiger partial charge in [-0.15, -0.1) is 0 Å². The number of nitrogens with one attached hydrogen (secondary N) is 2. The van der Waals surface area contributed by atoms with Crippen LogP contribution in [0.15, 0.2) is 28.1 Å². The van der Waals surface area contributed by atoms with Crippen molar-refractivity contribution >= 4 is 29.8 Å². The van der Waals surface area contributed by atoms with Gasteiger partial charge in [0.05, 0.1) is 0 Å². The van der Waals surface area contributed by atoms with E-state index in [1.54, 1.807) is 30.9 Å². The Hall–Kier alpha value is -2.28. The third-order valence-corrected chi connectivity index (χ3v) is 4.31. The normalized spacial score (nSPS) is 10.4. The second-order valence-corrected chi connectivity index (χ2v) is 5.56. The smallest absolute Gasteiger partial charge is 0.352 e. The van der Waals surface area contributed by atoms with Gasteiger partial charge in [0.25, 0.3) is 0 Å². The zero-order valence-electron chi connectivity index (χ0n) is 12.0. The lowest BCUT2D eigenvalue weighted by Gasteiger charge is -2.07. The second-order valence-electron chi connectivity index (χ2n) is 4.45. The van der Waals surface area contributed by atoms with Gasteiger partial charge in [-0.25, -0.2) is 9.78 Å². The zero-order valence-corrected chi connectivity index (χ0v) is 12.8. The summed E-state index contributed by atoms with van der Waals surface area (Å²) in [7, 11) is 3.48. The Labute approximate surface area is 126 Å². The van der Waals surface area contributed by atoms with Crippen LogP contribution in [0.1, 0.15) is 21.7 Å². The van der Waals surface area contributed by atoms with Crippen molar-refractivity contribution in [2.24, 2.45) is 7.05 Å². The van der Waals surface area contributed by atoms with Gasteiger partial charge < -0.3 is 20.4 Å². The van der Waals surface area contributed by atoms with E-state index < -0.39 is 5.97 Å². The summed E-state index contributed by atoms with van der Waals surface area (Å²) in [5, 5.41) is 19.5. The molecule has 2 heterocycles. The molecule has 0 fully saturated rings. The number of rotatable bonds is 5. The number of anilines is 1. The molecule has 110 valence electrons. The van der Waals surface area contributed by atoms with E-state index in [0.29, 0.717) is 11.4 Å². The first-order valence-electron chi connectivity index (χ1n) is 6.23. The maximum atomic E-state index is 11.1. The fourth-order valence-corrected chi connectivity index (χ4v) is 2.94. The van der Waals surface area contributed by atoms with Gasteiger partial charge in [0, 0.05) is 47.6 Å². The Morgan fingerprint density at radius 2 is 2.24 bits per heavy atom. The predicted octanol–water partition coefficient (Wildman–Crippen LogP) is 2.62. The number of hydrogen-bond donors (Lipinski definition) is 3. The SMILES string of the molecule is CNc1ncc(Sc2cc(C(=O)O)n(C)c2C)cc1C=N. The first-order valence-corrected chi connectivity index (χ1v) is 7.05. The molecule has 7 heteroatoms. The molecule has 2 aromatic rings. The van der Waals surface area contributed by atoms with Crippen LogP contribution in [0.25, 0.3) is 0 Å². The number of carboxylic acid groups (broad SMARTS) is 1. The number of aromatic carboxylic acids is 1. The summed E-state index contributed by atoms with van der Waals surface area (Å²) < 4.78 is 1.65. The Kier molecular flexibility index (Phi) is 4.32. The number of hydrogen-bond acceptors (Lipinski definition) is 5. The van der Waals surface area contributed by atoms with Crippen molar-refractivity contribution in [3.05, 3.63) is 35.3 Å². The fourth-order valence-electron chi connectivity index (χ4n) is 1.94. The highest BCUT2D eigenvalue weighted by molar-refractivity contribution is 7.99. The summed E-state index contributed by atoms with van der Waals surface area (Å²) in [5.41, 5.74) is 1.82. The Balaban J connectivity index is 2.36. The third-order valence-electron chi connectivity index (χ3n) is 3.22. The van der Waals surface area contributed by atoms with Gasteiger partial charge >= 0.3 is 5.97 Å². The highest BCUT2D eigenvalue weighted by Gasteiger charge is 2.15. The van der Waals surface area contributed by atoms with E-state index >= 15 is 0 Å². The molecule has 0 bridgehead atoms. The summed E-state index contributed by atoms with van der Waals surface area (Å²) in [6.07, 6.45) is 2.94. The van der Waals surface area contributed by atoms with Crippen LogP contribution in [-0.4, -0.2) is 33.9 Å². The van der Waals surface area contributed by atoms with Gasteiger partial charge in [-0.1, -0.05) is 11.8 Å². The Morgan fingerprint density at radius 1 is 1.52 bits per heavy atom. The summed E-state index contributed by atoms with van der Waals surface area (Å²) in [5.74, 6) is -0.304. The molecular weight excluding hydrogens is 288 g/mol. The van der Waals surface area contributed by atoms with E-state index in [2.05, 4.69) is 10.3 Å². The maximum absolute atomic E-state index is 11.1. The van der Waals surface area contributed by atoms with E-state index in [1.807, 2.05) is 13.0 Å². The highest BCUT2D eigenvalue weighted by atomic mass is 32.2. The molecule has 3 N–H and O–H groups in total. The summed E-state index contributed by atoms with van der Waals surface area (Å²) in [6, 6.07) is 3.50. The molecule has 0 saturated heterocycles. The molecule has 0 spiro atoms. The molecule has 0 unspecified atom stereocenters. The van der Waals surface area contributed by atoms with Crippen LogP contribution in [0.5, 0.6) is 0 Å². The topological polar surface area (TPSA) is 91.0 Å². The summed E-state index contributed by atoms with van der Waals surface area (Å²) in [4.78, 5) is 17.1. The van der Waals surface area contributed by atoms with Crippen LogP contribution in [0.2, 0.25) is 0 Å². The molecule has 0 saturated carbocycles. The Bertz CT molecular complexity index is 709. The van der Waals surface area contributed by atoms with E-state index in [4.69, 9.17) is 10.5 Å². The maximum Gasteiger partial charge on any atom is 0.352 e. The molecule has 0 atom stereocenters. The van der Waals surface area contributed by atoms with Crippen molar-refractivity contribution in [1.82, 2.24) is 9.55 Å². The molecule has 6 nitrogen and oxygen atoms in total. The number of pyridine rings is 1. The van der Waals surface area contributed by atoms with E-state index in [9.17, 15) is 4.79 Å². The minimum Gasteiger partial charge on any atom is -0.477 e. The average molecular weight is 304 g/mol. The standard InChI is InChI=1S/C14H16N4O2S/c1-8-12(5-11(14(19)20)18(8)3)21-10-4-9(6-15)13(16-2)17-7-10/h4-7,15H,1-3H3,(H,16,17)(H,19,20). The fraction of sp³-hybridized carbons (Fsp3) is 0.214. The first-order chi connectivity index (χ1) is 9.97. The van der Waals surface area contributed by atoms with Gasteiger partial charge in [-0.05, 0) is 19.1 Å².